The quantitative estimate of drug-likeness (QED) is 0.0580. The number of rotatable bonds is 12. The summed E-state index contributed by atoms with van der Waals surface area (Å²) in [5.74, 6) is -5.23. The Kier molecular flexibility index (Phi) is 19.8. The van der Waals surface area contributed by atoms with Gasteiger partial charge in [-0.05, 0) is 96.1 Å². The summed E-state index contributed by atoms with van der Waals surface area (Å²) in [4.78, 5) is 55.1. The van der Waals surface area contributed by atoms with Gasteiger partial charge in [-0.2, -0.15) is 0 Å². The number of carbonyl (C=O) groups excluding carboxylic acids is 4. The number of hydrogen-bond acceptors (Lipinski definition) is 21. The third-order valence-electron chi connectivity index (χ3n) is 20.2. The molecule has 476 valence electrons. The third-order valence-corrected chi connectivity index (χ3v) is 20.2. The van der Waals surface area contributed by atoms with E-state index < -0.39 is 174 Å². The molecule has 1 unspecified atom stereocenters. The fraction of sp³-hybridized carbons (Fsp3) is 0.778. The summed E-state index contributed by atoms with van der Waals surface area (Å²) >= 11 is 0. The molecule has 5 saturated heterocycles. The SMILES string of the molecule is COC(=O)N[C@@H]1[C@@H](C)O[C@@H](O[C@H]2C/C=C(\C)[C@@H]3C=C[C@@H]4[C@@H](O[C@@H]5C[C@@H](O[C@@H]6C[C@@H](O)[C@@H](O[C@@H]7C[C@@H](O)[C@@H](OC)[C@H](C)O7)[C@H](C)O6)[C@@H](O)[C@H](C)O5)[C@@H](C)C[C@H](C)[C@H]4[C@]3(C)/C(O)=C3\C(=O)O[C@]4(C[C@@H](C)C(COC(C)=O)=C[C@H]4/C=C/2C)C3=O)CC1(C)N. The van der Waals surface area contributed by atoms with E-state index in [1.807, 2.05) is 52.8 Å². The maximum Gasteiger partial charge on any atom is 0.407 e. The van der Waals surface area contributed by atoms with Crippen molar-refractivity contribution >= 4 is 23.8 Å². The average molecular weight is 1200 g/mol. The number of carbonyl (C=O) groups is 4. The van der Waals surface area contributed by atoms with Crippen LogP contribution in [-0.2, 0) is 71.2 Å². The highest BCUT2D eigenvalue weighted by molar-refractivity contribution is 6.26. The lowest BCUT2D eigenvalue weighted by Crippen LogP contribution is -2.66. The molecule has 9 rings (SSSR count). The summed E-state index contributed by atoms with van der Waals surface area (Å²) in [6.45, 7) is 22.1. The first kappa shape index (κ1) is 65.3. The zero-order valence-corrected chi connectivity index (χ0v) is 51.8. The van der Waals surface area contributed by atoms with Gasteiger partial charge in [0.2, 0.25) is 5.78 Å². The number of aliphatic hydroxyl groups excluding tert-OH is 4. The summed E-state index contributed by atoms with van der Waals surface area (Å²) < 4.78 is 74.0. The van der Waals surface area contributed by atoms with Crippen LogP contribution in [0, 0.1) is 46.8 Å². The summed E-state index contributed by atoms with van der Waals surface area (Å²) in [6.07, 6.45) is -1.43. The molecule has 85 heavy (non-hydrogen) atoms. The lowest BCUT2D eigenvalue weighted by molar-refractivity contribution is -0.335. The first-order chi connectivity index (χ1) is 40.0. The molecule has 0 aromatic carbocycles. The van der Waals surface area contributed by atoms with Crippen LogP contribution in [0.4, 0.5) is 4.79 Å². The Morgan fingerprint density at radius 1 is 0.741 bits per heavy atom. The zero-order chi connectivity index (χ0) is 61.9. The maximum atomic E-state index is 15.7. The Bertz CT molecular complexity index is 2610. The van der Waals surface area contributed by atoms with Gasteiger partial charge in [0.25, 0.3) is 0 Å². The average Bonchev–Trinajstić information content (AvgIpc) is 1.71. The number of ketones is 1. The molecule has 2 bridgehead atoms. The van der Waals surface area contributed by atoms with Crippen molar-refractivity contribution in [2.24, 2.45) is 52.6 Å². The molecule has 7 N–H and O–H groups in total. The van der Waals surface area contributed by atoms with Crippen LogP contribution in [0.2, 0.25) is 0 Å². The second-order valence-electron chi connectivity index (χ2n) is 26.5. The molecule has 9 aliphatic rings. The van der Waals surface area contributed by atoms with Gasteiger partial charge in [0.1, 0.15) is 36.3 Å². The van der Waals surface area contributed by atoms with Crippen molar-refractivity contribution in [3.63, 3.8) is 0 Å². The number of amides is 1. The van der Waals surface area contributed by atoms with Crippen LogP contribution in [0.15, 0.2) is 58.4 Å². The lowest BCUT2D eigenvalue weighted by atomic mass is 9.49. The molecule has 1 spiro atoms. The van der Waals surface area contributed by atoms with E-state index in [0.29, 0.717) is 18.4 Å². The molecule has 0 radical (unpaired) electrons. The lowest BCUT2D eigenvalue weighted by Gasteiger charge is -2.56. The number of nitrogens with one attached hydrogen (secondary N) is 1. The first-order valence-corrected chi connectivity index (χ1v) is 30.5. The highest BCUT2D eigenvalue weighted by Gasteiger charge is 2.64. The molecule has 1 saturated carbocycles. The topological polar surface area (TPSA) is 298 Å². The van der Waals surface area contributed by atoms with E-state index in [2.05, 4.69) is 31.3 Å². The second-order valence-corrected chi connectivity index (χ2v) is 26.5. The number of esters is 2. The van der Waals surface area contributed by atoms with E-state index in [4.69, 9.17) is 62.6 Å². The molecule has 4 aliphatic carbocycles. The molecule has 6 fully saturated rings. The minimum atomic E-state index is -1.79. The Morgan fingerprint density at radius 3 is 2.00 bits per heavy atom. The van der Waals surface area contributed by atoms with Crippen LogP contribution >= 0.6 is 0 Å². The monoisotopic (exact) mass is 1200 g/mol. The van der Waals surface area contributed by atoms with Gasteiger partial charge >= 0.3 is 18.0 Å². The molecule has 22 nitrogen and oxygen atoms in total. The molecule has 5 aliphatic heterocycles. The van der Waals surface area contributed by atoms with Gasteiger partial charge in [0.15, 0.2) is 30.8 Å². The number of fused-ring (bicyclic) bond motifs is 4. The zero-order valence-electron chi connectivity index (χ0n) is 51.8. The fourth-order valence-electron chi connectivity index (χ4n) is 15.9. The number of Topliss-reactive ketones (excluding diaryl/α,β-unsaturated/α-hetero) is 1. The molecule has 5 heterocycles. The number of alkyl carbamates (subject to hydrolysis) is 1. The Hall–Kier alpha value is -4.14. The fourth-order valence-corrected chi connectivity index (χ4v) is 15.9. The molecular formula is C63H94N2O20. The summed E-state index contributed by atoms with van der Waals surface area (Å²) in [6, 6.07) is -0.610. The minimum Gasteiger partial charge on any atom is -0.511 e. The third kappa shape index (κ3) is 12.9. The Balaban J connectivity index is 1.02. The van der Waals surface area contributed by atoms with Gasteiger partial charge in [0, 0.05) is 74.8 Å². The van der Waals surface area contributed by atoms with Gasteiger partial charge in [-0.3, -0.25) is 9.59 Å². The van der Waals surface area contributed by atoms with Gasteiger partial charge in [-0.1, -0.05) is 63.6 Å². The van der Waals surface area contributed by atoms with Crippen LogP contribution < -0.4 is 11.1 Å². The smallest absolute Gasteiger partial charge is 0.407 e. The first-order valence-electron chi connectivity index (χ1n) is 30.5. The van der Waals surface area contributed by atoms with Crippen molar-refractivity contribution in [2.45, 2.75) is 244 Å². The molecular weight excluding hydrogens is 1100 g/mol. The largest absolute Gasteiger partial charge is 0.511 e. The molecule has 0 aromatic heterocycles. The van der Waals surface area contributed by atoms with Crippen molar-refractivity contribution in [1.82, 2.24) is 5.32 Å². The van der Waals surface area contributed by atoms with Crippen molar-refractivity contribution in [3.8, 4) is 0 Å². The highest BCUT2D eigenvalue weighted by Crippen LogP contribution is 2.61. The number of ether oxygens (including phenoxy) is 12. The number of nitrogens with two attached hydrogens (primary N) is 1. The van der Waals surface area contributed by atoms with Crippen molar-refractivity contribution < 1.29 is 96.4 Å². The maximum absolute atomic E-state index is 15.7. The Labute approximate surface area is 499 Å². The molecule has 0 aromatic rings. The van der Waals surface area contributed by atoms with Crippen molar-refractivity contribution in [2.75, 3.05) is 20.8 Å². The summed E-state index contributed by atoms with van der Waals surface area (Å²) in [5, 5.41) is 49.8. The van der Waals surface area contributed by atoms with Gasteiger partial charge in [-0.25, -0.2) is 9.59 Å². The second kappa shape index (κ2) is 25.8. The van der Waals surface area contributed by atoms with E-state index in [1.165, 1.54) is 21.1 Å². The van der Waals surface area contributed by atoms with Crippen molar-refractivity contribution in [1.29, 1.82) is 0 Å². The van der Waals surface area contributed by atoms with Gasteiger partial charge < -0.3 is 88.3 Å². The molecule has 27 atom stereocenters. The number of allylic oxidation sites excluding steroid dienone is 3. The number of methoxy groups -OCH3 is 2. The van der Waals surface area contributed by atoms with Crippen LogP contribution in [0.1, 0.15) is 128 Å². The van der Waals surface area contributed by atoms with Gasteiger partial charge in [0.05, 0.1) is 68.1 Å². The van der Waals surface area contributed by atoms with E-state index in [9.17, 15) is 34.8 Å². The molecule has 1 amide bonds. The van der Waals surface area contributed by atoms with Gasteiger partial charge in [-0.15, -0.1) is 0 Å². The number of aliphatic hydroxyl groups is 4. The van der Waals surface area contributed by atoms with E-state index >= 15 is 4.79 Å². The predicted molar refractivity (Wildman–Crippen MR) is 304 cm³/mol. The van der Waals surface area contributed by atoms with Crippen LogP contribution in [-0.4, -0.2) is 181 Å². The van der Waals surface area contributed by atoms with Crippen molar-refractivity contribution in [3.05, 3.63) is 58.4 Å². The van der Waals surface area contributed by atoms with E-state index in [-0.39, 0.29) is 62.2 Å². The van der Waals surface area contributed by atoms with Crippen LogP contribution in [0.5, 0.6) is 0 Å². The number of hydrogen-bond donors (Lipinski definition) is 6. The van der Waals surface area contributed by atoms with Crippen LogP contribution in [0.25, 0.3) is 0 Å². The highest BCUT2D eigenvalue weighted by atomic mass is 16.7. The van der Waals surface area contributed by atoms with E-state index in [1.54, 1.807) is 27.7 Å². The van der Waals surface area contributed by atoms with E-state index in [0.717, 1.165) is 11.1 Å². The predicted octanol–water partition coefficient (Wildman–Crippen LogP) is 5.83. The summed E-state index contributed by atoms with van der Waals surface area (Å²) in [7, 11) is 2.79. The normalized spacial score (nSPS) is 48.8. The standard InChI is InChI=1S/C63H94N2O20/c1-28-15-18-44(81-49-26-61(11,64)56(36(9)80-49)65-60(73)75-14)29(2)20-39-21-38(27-76-37(10)66)32(5)25-63(39)58(71)50(59(72)85-63)57(70)62(12)41(28)17-16-40-51(62)30(3)19-31(4)53(40)83-48-24-45(52(69)33(6)77-48)82-46-23-43(68)55(35(8)79-46)84-47-22-42(67)54(74-13)34(7)78-47/h15-17,20-21,30-36,39-49,51-56,67-70H,18-19,22-27,64H2,1-14H3,(H,65,73)/b28-15+,29-20+,57-50+/t30-,31-,32+,33-,34-,35-,36+,39+,40-,41-,42+,43+,44-,45+,46+,47+,48+,49-,51+,52-,53-,54-,55-,56+,61?,62+,63-/m0/s1. The minimum absolute atomic E-state index is 0.0255. The molecule has 22 heteroatoms. The Morgan fingerprint density at radius 2 is 1.36 bits per heavy atom. The summed E-state index contributed by atoms with van der Waals surface area (Å²) in [5.41, 5.74) is 4.69. The van der Waals surface area contributed by atoms with Crippen LogP contribution in [0.3, 0.4) is 0 Å².